The minimum Gasteiger partial charge on any atom is -0.390 e. The van der Waals surface area contributed by atoms with Crippen molar-refractivity contribution in [2.75, 3.05) is 0 Å². The summed E-state index contributed by atoms with van der Waals surface area (Å²) in [6.45, 7) is 6.63. The van der Waals surface area contributed by atoms with E-state index in [0.29, 0.717) is 11.8 Å². The first-order valence-electron chi connectivity index (χ1n) is 7.96. The van der Waals surface area contributed by atoms with Crippen LogP contribution in [0.15, 0.2) is 0 Å². The first kappa shape index (κ1) is 12.9. The zero-order valence-electron chi connectivity index (χ0n) is 11.9. The van der Waals surface area contributed by atoms with Crippen LogP contribution in [0, 0.1) is 41.4 Å². The molecule has 104 valence electrons. The van der Waals surface area contributed by atoms with Crippen molar-refractivity contribution in [1.29, 1.82) is 0 Å². The van der Waals surface area contributed by atoms with Gasteiger partial charge in [-0.1, -0.05) is 27.2 Å². The Labute approximate surface area is 111 Å². The summed E-state index contributed by atoms with van der Waals surface area (Å²) in [5.41, 5.74) is 0. The zero-order chi connectivity index (χ0) is 13.0. The number of fused-ring (bicyclic) bond motifs is 9. The second kappa shape index (κ2) is 4.49. The van der Waals surface area contributed by atoms with Crippen molar-refractivity contribution < 1.29 is 10.2 Å². The third kappa shape index (κ3) is 1.54. The zero-order valence-corrected chi connectivity index (χ0v) is 11.9. The standard InChI is InChI=1S/C13H20O2.C3H8/c1-5-2-6-3-7(5)11-9-4-8(10(6)11)12(14)13(9)15;1-3-2/h5-15H,2-4H2,1H3;3H2,1-2H3. The van der Waals surface area contributed by atoms with Crippen LogP contribution < -0.4 is 0 Å². The number of hydrogen-bond donors (Lipinski definition) is 2. The lowest BCUT2D eigenvalue weighted by atomic mass is 9.66. The summed E-state index contributed by atoms with van der Waals surface area (Å²) in [5.74, 6) is 5.05. The minimum atomic E-state index is -0.400. The predicted molar refractivity (Wildman–Crippen MR) is 71.9 cm³/mol. The van der Waals surface area contributed by atoms with Crippen LogP contribution in [0.4, 0.5) is 0 Å². The molecule has 0 aliphatic heterocycles. The van der Waals surface area contributed by atoms with Crippen molar-refractivity contribution >= 4 is 0 Å². The van der Waals surface area contributed by atoms with Crippen LogP contribution in [-0.4, -0.2) is 22.4 Å². The SMILES string of the molecule is CC1CC2CC1C1C3CC(C(O)C3O)C21.CCC. The summed E-state index contributed by atoms with van der Waals surface area (Å²) in [7, 11) is 0. The van der Waals surface area contributed by atoms with Crippen LogP contribution >= 0.6 is 0 Å². The molecule has 0 amide bonds. The molecule has 4 aliphatic carbocycles. The topological polar surface area (TPSA) is 40.5 Å². The lowest BCUT2D eigenvalue weighted by molar-refractivity contribution is -0.0739. The van der Waals surface area contributed by atoms with Crippen molar-refractivity contribution in [2.45, 2.75) is 58.7 Å². The van der Waals surface area contributed by atoms with E-state index in [-0.39, 0.29) is 0 Å². The quantitative estimate of drug-likeness (QED) is 0.651. The molecule has 18 heavy (non-hydrogen) atoms. The summed E-state index contributed by atoms with van der Waals surface area (Å²) in [5, 5.41) is 20.0. The number of hydrogen-bond acceptors (Lipinski definition) is 2. The fraction of sp³-hybridized carbons (Fsp3) is 1.00. The molecule has 0 aromatic rings. The molecular formula is C16H28O2. The van der Waals surface area contributed by atoms with Crippen LogP contribution in [0.3, 0.4) is 0 Å². The highest BCUT2D eigenvalue weighted by molar-refractivity contribution is 5.15. The second-order valence-corrected chi connectivity index (χ2v) is 7.28. The van der Waals surface area contributed by atoms with Gasteiger partial charge in [-0.3, -0.25) is 0 Å². The van der Waals surface area contributed by atoms with Crippen LogP contribution in [0.5, 0.6) is 0 Å². The lowest BCUT2D eigenvalue weighted by Crippen LogP contribution is -2.45. The molecule has 4 saturated carbocycles. The molecule has 2 nitrogen and oxygen atoms in total. The van der Waals surface area contributed by atoms with Gasteiger partial charge in [0.05, 0.1) is 12.2 Å². The van der Waals surface area contributed by atoms with Crippen molar-refractivity contribution in [3.63, 3.8) is 0 Å². The molecular weight excluding hydrogens is 224 g/mol. The molecule has 4 rings (SSSR count). The Hall–Kier alpha value is -0.0800. The van der Waals surface area contributed by atoms with Gasteiger partial charge in [-0.05, 0) is 60.7 Å². The normalized spacial score (nSPS) is 59.5. The average molecular weight is 252 g/mol. The molecule has 2 heteroatoms. The van der Waals surface area contributed by atoms with Crippen LogP contribution in [0.2, 0.25) is 0 Å². The Morgan fingerprint density at radius 3 is 2.00 bits per heavy atom. The van der Waals surface area contributed by atoms with Crippen molar-refractivity contribution in [3.8, 4) is 0 Å². The van der Waals surface area contributed by atoms with Gasteiger partial charge in [-0.2, -0.15) is 0 Å². The molecule has 0 radical (unpaired) electrons. The average Bonchev–Trinajstić information content (AvgIpc) is 3.00. The highest BCUT2D eigenvalue weighted by atomic mass is 16.3. The minimum absolute atomic E-state index is 0.397. The molecule has 9 atom stereocenters. The van der Waals surface area contributed by atoms with Crippen molar-refractivity contribution in [1.82, 2.24) is 0 Å². The van der Waals surface area contributed by atoms with E-state index in [1.807, 2.05) is 0 Å². The molecule has 0 heterocycles. The summed E-state index contributed by atoms with van der Waals surface area (Å²) in [6.07, 6.45) is 4.34. The molecule has 0 aromatic carbocycles. The van der Waals surface area contributed by atoms with Gasteiger partial charge in [0.2, 0.25) is 0 Å². The monoisotopic (exact) mass is 252 g/mol. The van der Waals surface area contributed by atoms with Gasteiger partial charge in [0.15, 0.2) is 0 Å². The Morgan fingerprint density at radius 2 is 1.39 bits per heavy atom. The van der Waals surface area contributed by atoms with E-state index in [0.717, 1.165) is 36.0 Å². The molecule has 4 fully saturated rings. The largest absolute Gasteiger partial charge is 0.390 e. The van der Waals surface area contributed by atoms with Crippen LogP contribution in [-0.2, 0) is 0 Å². The van der Waals surface area contributed by atoms with Gasteiger partial charge in [0.25, 0.3) is 0 Å². The fourth-order valence-electron chi connectivity index (χ4n) is 5.89. The van der Waals surface area contributed by atoms with E-state index in [2.05, 4.69) is 20.8 Å². The summed E-state index contributed by atoms with van der Waals surface area (Å²) in [4.78, 5) is 0. The molecule has 4 aliphatic rings. The van der Waals surface area contributed by atoms with Gasteiger partial charge in [0, 0.05) is 0 Å². The van der Waals surface area contributed by atoms with Gasteiger partial charge in [0.1, 0.15) is 0 Å². The van der Waals surface area contributed by atoms with E-state index in [9.17, 15) is 10.2 Å². The first-order chi connectivity index (χ1) is 8.60. The number of aliphatic hydroxyl groups is 2. The maximum Gasteiger partial charge on any atom is 0.0833 e. The van der Waals surface area contributed by atoms with E-state index in [1.165, 1.54) is 19.3 Å². The maximum atomic E-state index is 10.00. The van der Waals surface area contributed by atoms with Gasteiger partial charge >= 0.3 is 0 Å². The van der Waals surface area contributed by atoms with Crippen molar-refractivity contribution in [3.05, 3.63) is 0 Å². The highest BCUT2D eigenvalue weighted by Gasteiger charge is 2.66. The smallest absolute Gasteiger partial charge is 0.0833 e. The number of rotatable bonds is 0. The fourth-order valence-corrected chi connectivity index (χ4v) is 5.89. The van der Waals surface area contributed by atoms with Gasteiger partial charge in [-0.15, -0.1) is 0 Å². The Bertz CT molecular complexity index is 316. The van der Waals surface area contributed by atoms with E-state index in [1.54, 1.807) is 0 Å². The molecule has 9 unspecified atom stereocenters. The third-order valence-electron chi connectivity index (χ3n) is 6.22. The third-order valence-corrected chi connectivity index (χ3v) is 6.22. The van der Waals surface area contributed by atoms with E-state index < -0.39 is 12.2 Å². The summed E-state index contributed by atoms with van der Waals surface area (Å²) in [6, 6.07) is 0. The van der Waals surface area contributed by atoms with Crippen LogP contribution in [0.1, 0.15) is 46.5 Å². The molecule has 2 N–H and O–H groups in total. The Balaban J connectivity index is 0.000000307. The van der Waals surface area contributed by atoms with Gasteiger partial charge in [-0.25, -0.2) is 0 Å². The predicted octanol–water partition coefficient (Wildman–Crippen LogP) is 2.68. The Morgan fingerprint density at radius 1 is 0.833 bits per heavy atom. The number of aliphatic hydroxyl groups excluding tert-OH is 2. The summed E-state index contributed by atoms with van der Waals surface area (Å²) >= 11 is 0. The molecule has 0 spiro atoms. The molecule has 4 bridgehead atoms. The lowest BCUT2D eigenvalue weighted by Gasteiger charge is -2.41. The molecule has 0 aromatic heterocycles. The van der Waals surface area contributed by atoms with E-state index >= 15 is 0 Å². The highest BCUT2D eigenvalue weighted by Crippen LogP contribution is 2.68. The maximum absolute atomic E-state index is 10.00. The van der Waals surface area contributed by atoms with E-state index in [4.69, 9.17) is 0 Å². The van der Waals surface area contributed by atoms with Gasteiger partial charge < -0.3 is 10.2 Å². The molecule has 0 saturated heterocycles. The second-order valence-electron chi connectivity index (χ2n) is 7.28. The Kier molecular flexibility index (Phi) is 3.22. The summed E-state index contributed by atoms with van der Waals surface area (Å²) < 4.78 is 0. The van der Waals surface area contributed by atoms with Crippen LogP contribution in [0.25, 0.3) is 0 Å². The van der Waals surface area contributed by atoms with Crippen molar-refractivity contribution in [2.24, 2.45) is 41.4 Å². The first-order valence-corrected chi connectivity index (χ1v) is 7.96.